The molecular formula is C16H17BrN2O. The summed E-state index contributed by atoms with van der Waals surface area (Å²) in [7, 11) is 0. The summed E-state index contributed by atoms with van der Waals surface area (Å²) >= 11 is 3.45. The summed E-state index contributed by atoms with van der Waals surface area (Å²) < 4.78 is 0.838. The number of aryl methyl sites for hydroxylation is 1. The summed E-state index contributed by atoms with van der Waals surface area (Å²) in [5.41, 5.74) is 9.48. The second-order valence-corrected chi connectivity index (χ2v) is 5.38. The van der Waals surface area contributed by atoms with Crippen molar-refractivity contribution in [2.45, 2.75) is 20.0 Å². The third kappa shape index (κ3) is 3.26. The van der Waals surface area contributed by atoms with E-state index in [0.717, 1.165) is 21.2 Å². The second kappa shape index (κ2) is 6.68. The third-order valence-corrected chi connectivity index (χ3v) is 4.27. The van der Waals surface area contributed by atoms with Gasteiger partial charge in [0.1, 0.15) is 0 Å². The van der Waals surface area contributed by atoms with Crippen molar-refractivity contribution in [2.75, 3.05) is 0 Å². The van der Waals surface area contributed by atoms with E-state index in [-0.39, 0.29) is 5.91 Å². The van der Waals surface area contributed by atoms with E-state index >= 15 is 0 Å². The lowest BCUT2D eigenvalue weighted by Crippen LogP contribution is -2.24. The first-order valence-corrected chi connectivity index (χ1v) is 7.23. The van der Waals surface area contributed by atoms with Crippen molar-refractivity contribution in [2.24, 2.45) is 5.73 Å². The Morgan fingerprint density at radius 2 is 1.85 bits per heavy atom. The van der Waals surface area contributed by atoms with Gasteiger partial charge in [-0.25, -0.2) is 0 Å². The Morgan fingerprint density at radius 1 is 1.15 bits per heavy atom. The van der Waals surface area contributed by atoms with E-state index in [0.29, 0.717) is 18.7 Å². The molecule has 20 heavy (non-hydrogen) atoms. The van der Waals surface area contributed by atoms with Crippen molar-refractivity contribution in [3.63, 3.8) is 0 Å². The van der Waals surface area contributed by atoms with E-state index in [4.69, 9.17) is 5.73 Å². The molecule has 0 aliphatic rings. The van der Waals surface area contributed by atoms with Gasteiger partial charge in [-0.05, 0) is 45.6 Å². The number of halogens is 1. The van der Waals surface area contributed by atoms with Gasteiger partial charge in [-0.1, -0.05) is 36.4 Å². The van der Waals surface area contributed by atoms with Gasteiger partial charge in [0.05, 0.1) is 5.56 Å². The molecule has 0 bridgehead atoms. The summed E-state index contributed by atoms with van der Waals surface area (Å²) in [6, 6.07) is 13.5. The highest BCUT2D eigenvalue weighted by Gasteiger charge is 2.11. The number of carbonyl (C=O) groups excluding carboxylic acids is 1. The highest BCUT2D eigenvalue weighted by molar-refractivity contribution is 9.10. The molecule has 0 spiro atoms. The molecule has 3 N–H and O–H groups in total. The van der Waals surface area contributed by atoms with Crippen molar-refractivity contribution < 1.29 is 4.79 Å². The molecule has 0 radical (unpaired) electrons. The normalized spacial score (nSPS) is 10.3. The number of benzene rings is 2. The minimum Gasteiger partial charge on any atom is -0.348 e. The van der Waals surface area contributed by atoms with E-state index in [2.05, 4.69) is 21.2 Å². The molecule has 0 saturated carbocycles. The molecule has 2 aromatic rings. The van der Waals surface area contributed by atoms with Crippen LogP contribution in [0.5, 0.6) is 0 Å². The van der Waals surface area contributed by atoms with Crippen LogP contribution in [0.3, 0.4) is 0 Å². The highest BCUT2D eigenvalue weighted by Crippen LogP contribution is 2.21. The SMILES string of the molecule is Cc1cccc(C(=O)NCc2ccccc2CN)c1Br. The number of carbonyl (C=O) groups is 1. The Kier molecular flexibility index (Phi) is 4.93. The van der Waals surface area contributed by atoms with E-state index in [1.807, 2.05) is 43.3 Å². The Balaban J connectivity index is 2.11. The Morgan fingerprint density at radius 3 is 2.55 bits per heavy atom. The number of rotatable bonds is 4. The highest BCUT2D eigenvalue weighted by atomic mass is 79.9. The van der Waals surface area contributed by atoms with Crippen LogP contribution in [-0.2, 0) is 13.1 Å². The number of hydrogen-bond donors (Lipinski definition) is 2. The van der Waals surface area contributed by atoms with Gasteiger partial charge >= 0.3 is 0 Å². The molecule has 0 atom stereocenters. The van der Waals surface area contributed by atoms with E-state index in [1.165, 1.54) is 0 Å². The van der Waals surface area contributed by atoms with Crippen LogP contribution in [0.1, 0.15) is 27.0 Å². The van der Waals surface area contributed by atoms with Crippen LogP contribution in [-0.4, -0.2) is 5.91 Å². The Labute approximate surface area is 127 Å². The maximum Gasteiger partial charge on any atom is 0.252 e. The topological polar surface area (TPSA) is 55.1 Å². The smallest absolute Gasteiger partial charge is 0.252 e. The number of nitrogens with two attached hydrogens (primary N) is 1. The van der Waals surface area contributed by atoms with Crippen LogP contribution in [0.4, 0.5) is 0 Å². The van der Waals surface area contributed by atoms with E-state index < -0.39 is 0 Å². The van der Waals surface area contributed by atoms with Gasteiger partial charge in [0.2, 0.25) is 0 Å². The largest absolute Gasteiger partial charge is 0.348 e. The van der Waals surface area contributed by atoms with Crippen LogP contribution in [0.15, 0.2) is 46.9 Å². The van der Waals surface area contributed by atoms with E-state index in [9.17, 15) is 4.79 Å². The van der Waals surface area contributed by atoms with Crippen molar-refractivity contribution in [1.29, 1.82) is 0 Å². The molecule has 2 aromatic carbocycles. The molecule has 0 unspecified atom stereocenters. The fourth-order valence-corrected chi connectivity index (χ4v) is 2.47. The number of nitrogens with one attached hydrogen (secondary N) is 1. The first-order valence-electron chi connectivity index (χ1n) is 6.43. The maximum absolute atomic E-state index is 12.2. The molecule has 104 valence electrons. The zero-order valence-electron chi connectivity index (χ0n) is 11.3. The average molecular weight is 333 g/mol. The van der Waals surface area contributed by atoms with Gasteiger partial charge < -0.3 is 11.1 Å². The van der Waals surface area contributed by atoms with Crippen LogP contribution in [0.2, 0.25) is 0 Å². The summed E-state index contributed by atoms with van der Waals surface area (Å²) in [6.07, 6.45) is 0. The Hall–Kier alpha value is -1.65. The monoisotopic (exact) mass is 332 g/mol. The van der Waals surface area contributed by atoms with E-state index in [1.54, 1.807) is 6.07 Å². The van der Waals surface area contributed by atoms with Crippen molar-refractivity contribution >= 4 is 21.8 Å². The predicted molar refractivity (Wildman–Crippen MR) is 84.4 cm³/mol. The molecule has 1 amide bonds. The lowest BCUT2D eigenvalue weighted by Gasteiger charge is -2.11. The zero-order valence-corrected chi connectivity index (χ0v) is 12.9. The fraction of sp³-hybridized carbons (Fsp3) is 0.188. The maximum atomic E-state index is 12.2. The standard InChI is InChI=1S/C16H17BrN2O/c1-11-5-4-8-14(15(11)17)16(20)19-10-13-7-3-2-6-12(13)9-18/h2-8H,9-10,18H2,1H3,(H,19,20). The average Bonchev–Trinajstić information content (AvgIpc) is 2.48. The Bertz CT molecular complexity index is 626. The van der Waals surface area contributed by atoms with Gasteiger partial charge in [0.25, 0.3) is 5.91 Å². The van der Waals surface area contributed by atoms with Crippen LogP contribution >= 0.6 is 15.9 Å². The summed E-state index contributed by atoms with van der Waals surface area (Å²) in [5.74, 6) is -0.0904. The molecule has 0 aromatic heterocycles. The summed E-state index contributed by atoms with van der Waals surface area (Å²) in [4.78, 5) is 12.2. The molecule has 0 fully saturated rings. The van der Waals surface area contributed by atoms with Crippen molar-refractivity contribution in [3.8, 4) is 0 Å². The van der Waals surface area contributed by atoms with Crippen molar-refractivity contribution in [3.05, 3.63) is 69.2 Å². The van der Waals surface area contributed by atoms with Gasteiger partial charge in [0, 0.05) is 17.6 Å². The molecule has 0 heterocycles. The molecule has 0 aliphatic heterocycles. The van der Waals surface area contributed by atoms with Crippen LogP contribution in [0, 0.1) is 6.92 Å². The summed E-state index contributed by atoms with van der Waals surface area (Å²) in [6.45, 7) is 2.91. The fourth-order valence-electron chi connectivity index (χ4n) is 2.02. The third-order valence-electron chi connectivity index (χ3n) is 3.21. The van der Waals surface area contributed by atoms with Crippen LogP contribution < -0.4 is 11.1 Å². The minimum atomic E-state index is -0.0904. The summed E-state index contributed by atoms with van der Waals surface area (Å²) in [5, 5.41) is 2.93. The van der Waals surface area contributed by atoms with Crippen molar-refractivity contribution in [1.82, 2.24) is 5.32 Å². The van der Waals surface area contributed by atoms with Gasteiger partial charge in [-0.15, -0.1) is 0 Å². The number of hydrogen-bond acceptors (Lipinski definition) is 2. The van der Waals surface area contributed by atoms with Gasteiger partial charge in [-0.3, -0.25) is 4.79 Å². The molecular weight excluding hydrogens is 316 g/mol. The molecule has 4 heteroatoms. The lowest BCUT2D eigenvalue weighted by atomic mass is 10.1. The predicted octanol–water partition coefficient (Wildman–Crippen LogP) is 3.15. The lowest BCUT2D eigenvalue weighted by molar-refractivity contribution is 0.0950. The first kappa shape index (κ1) is 14.8. The molecule has 2 rings (SSSR count). The van der Waals surface area contributed by atoms with Gasteiger partial charge in [-0.2, -0.15) is 0 Å². The quantitative estimate of drug-likeness (QED) is 0.903. The van der Waals surface area contributed by atoms with Crippen LogP contribution in [0.25, 0.3) is 0 Å². The first-order chi connectivity index (χ1) is 9.63. The number of amides is 1. The van der Waals surface area contributed by atoms with Gasteiger partial charge in [0.15, 0.2) is 0 Å². The second-order valence-electron chi connectivity index (χ2n) is 4.59. The molecule has 0 aliphatic carbocycles. The zero-order chi connectivity index (χ0) is 14.5. The minimum absolute atomic E-state index is 0.0904. The molecule has 0 saturated heterocycles. The molecule has 3 nitrogen and oxygen atoms in total.